The Hall–Kier alpha value is -1.89. The molecule has 0 aliphatic carbocycles. The van der Waals surface area contributed by atoms with Gasteiger partial charge in [-0.05, 0) is 23.9 Å². The van der Waals surface area contributed by atoms with Crippen LogP contribution in [0.1, 0.15) is 5.56 Å². The number of nitrogens with zero attached hydrogens (tertiary/aromatic N) is 1. The third-order valence-electron chi connectivity index (χ3n) is 2.71. The first-order valence-corrected chi connectivity index (χ1v) is 5.09. The van der Waals surface area contributed by atoms with Gasteiger partial charge in [0.1, 0.15) is 0 Å². The van der Waals surface area contributed by atoms with Crippen LogP contribution >= 0.6 is 0 Å². The molecule has 0 spiro atoms. The molecule has 1 heterocycles. The highest BCUT2D eigenvalue weighted by atomic mass is 14.7. The molecule has 3 rings (SSSR count). The van der Waals surface area contributed by atoms with Gasteiger partial charge in [0.15, 0.2) is 0 Å². The van der Waals surface area contributed by atoms with Gasteiger partial charge in [-0.1, -0.05) is 36.4 Å². The van der Waals surface area contributed by atoms with Crippen LogP contribution in [-0.4, -0.2) is 4.98 Å². The van der Waals surface area contributed by atoms with Crippen LogP contribution in [0.5, 0.6) is 0 Å². The van der Waals surface area contributed by atoms with Crippen molar-refractivity contribution in [1.29, 1.82) is 0 Å². The summed E-state index contributed by atoms with van der Waals surface area (Å²) in [5, 5.41) is 3.70. The van der Waals surface area contributed by atoms with Gasteiger partial charge in [0, 0.05) is 17.0 Å². The Kier molecular flexibility index (Phi) is 1.72. The molecule has 0 unspecified atom stereocenters. The molecule has 0 bridgehead atoms. The number of pyridine rings is 1. The van der Waals surface area contributed by atoms with Crippen LogP contribution in [0.15, 0.2) is 48.7 Å². The smallest absolute Gasteiger partial charge is 0.0780 e. The fourth-order valence-electron chi connectivity index (χ4n) is 1.98. The van der Waals surface area contributed by atoms with Gasteiger partial charge in [0.05, 0.1) is 5.52 Å². The predicted molar refractivity (Wildman–Crippen MR) is 64.0 cm³/mol. The summed E-state index contributed by atoms with van der Waals surface area (Å²) in [5.41, 5.74) is 2.30. The van der Waals surface area contributed by atoms with Crippen LogP contribution in [0.25, 0.3) is 21.7 Å². The van der Waals surface area contributed by atoms with E-state index in [1.807, 2.05) is 6.20 Å². The maximum atomic E-state index is 4.51. The van der Waals surface area contributed by atoms with Gasteiger partial charge >= 0.3 is 0 Å². The van der Waals surface area contributed by atoms with E-state index in [2.05, 4.69) is 54.4 Å². The molecular formula is C14H11N. The molecule has 0 radical (unpaired) electrons. The van der Waals surface area contributed by atoms with Crippen molar-refractivity contribution in [3.63, 3.8) is 0 Å². The molecule has 1 aromatic heterocycles. The number of hydrogen-bond acceptors (Lipinski definition) is 1. The molecule has 72 valence electrons. The number of rotatable bonds is 0. The fourth-order valence-corrected chi connectivity index (χ4v) is 1.98. The third-order valence-corrected chi connectivity index (χ3v) is 2.71. The molecule has 15 heavy (non-hydrogen) atoms. The van der Waals surface area contributed by atoms with E-state index in [1.165, 1.54) is 21.7 Å². The second kappa shape index (κ2) is 3.06. The van der Waals surface area contributed by atoms with Crippen LogP contribution in [0.2, 0.25) is 0 Å². The standard InChI is InChI=1S/C14H11N/c1-10-8-12-7-6-11-4-2-3-5-13(11)14(12)15-9-10/h2-9H,1H3. The minimum Gasteiger partial charge on any atom is -0.255 e. The summed E-state index contributed by atoms with van der Waals surface area (Å²) in [4.78, 5) is 4.51. The van der Waals surface area contributed by atoms with Gasteiger partial charge in [0.2, 0.25) is 0 Å². The maximum Gasteiger partial charge on any atom is 0.0780 e. The third kappa shape index (κ3) is 1.28. The number of aryl methyl sites for hydroxylation is 1. The van der Waals surface area contributed by atoms with Crippen molar-refractivity contribution in [1.82, 2.24) is 4.98 Å². The molecule has 0 aliphatic heterocycles. The zero-order valence-corrected chi connectivity index (χ0v) is 8.57. The molecule has 0 fully saturated rings. The lowest BCUT2D eigenvalue weighted by Crippen LogP contribution is -1.82. The molecular weight excluding hydrogens is 182 g/mol. The van der Waals surface area contributed by atoms with Crippen LogP contribution < -0.4 is 0 Å². The van der Waals surface area contributed by atoms with Gasteiger partial charge in [-0.15, -0.1) is 0 Å². The maximum absolute atomic E-state index is 4.51. The first-order chi connectivity index (χ1) is 7.34. The van der Waals surface area contributed by atoms with Crippen molar-refractivity contribution < 1.29 is 0 Å². The lowest BCUT2D eigenvalue weighted by molar-refractivity contribution is 1.34. The molecule has 0 atom stereocenters. The molecule has 0 saturated heterocycles. The van der Waals surface area contributed by atoms with Gasteiger partial charge in [-0.25, -0.2) is 0 Å². The molecule has 0 saturated carbocycles. The Balaban J connectivity index is 2.55. The molecule has 3 aromatic rings. The molecule has 1 heteroatoms. The summed E-state index contributed by atoms with van der Waals surface area (Å²) >= 11 is 0. The zero-order valence-electron chi connectivity index (χ0n) is 8.57. The van der Waals surface area contributed by atoms with E-state index in [0.717, 1.165) is 5.52 Å². The number of fused-ring (bicyclic) bond motifs is 3. The van der Waals surface area contributed by atoms with E-state index in [1.54, 1.807) is 0 Å². The Morgan fingerprint density at radius 3 is 2.67 bits per heavy atom. The van der Waals surface area contributed by atoms with E-state index in [0.29, 0.717) is 0 Å². The molecule has 0 aliphatic rings. The van der Waals surface area contributed by atoms with E-state index < -0.39 is 0 Å². The summed E-state index contributed by atoms with van der Waals surface area (Å²) in [6.45, 7) is 2.07. The monoisotopic (exact) mass is 193 g/mol. The summed E-state index contributed by atoms with van der Waals surface area (Å²) < 4.78 is 0. The van der Waals surface area contributed by atoms with E-state index in [-0.39, 0.29) is 0 Å². The summed E-state index contributed by atoms with van der Waals surface area (Å²) in [6.07, 6.45) is 1.93. The molecule has 0 amide bonds. The lowest BCUT2D eigenvalue weighted by Gasteiger charge is -2.03. The Morgan fingerprint density at radius 1 is 0.933 bits per heavy atom. The van der Waals surface area contributed by atoms with Crippen LogP contribution in [-0.2, 0) is 0 Å². The van der Waals surface area contributed by atoms with Crippen molar-refractivity contribution >= 4 is 21.7 Å². The number of benzene rings is 2. The first kappa shape index (κ1) is 8.42. The Bertz CT molecular complexity index is 641. The highest BCUT2D eigenvalue weighted by Gasteiger charge is 2.00. The second-order valence-electron chi connectivity index (χ2n) is 3.87. The van der Waals surface area contributed by atoms with Crippen LogP contribution in [0, 0.1) is 6.92 Å². The van der Waals surface area contributed by atoms with Gasteiger partial charge in [-0.3, -0.25) is 4.98 Å². The first-order valence-electron chi connectivity index (χ1n) is 5.09. The Morgan fingerprint density at radius 2 is 1.73 bits per heavy atom. The average Bonchev–Trinajstić information content (AvgIpc) is 2.28. The minimum absolute atomic E-state index is 1.10. The predicted octanol–water partition coefficient (Wildman–Crippen LogP) is 3.70. The average molecular weight is 193 g/mol. The SMILES string of the molecule is Cc1cnc2c(ccc3ccccc32)c1. The van der Waals surface area contributed by atoms with Crippen molar-refractivity contribution in [2.24, 2.45) is 0 Å². The van der Waals surface area contributed by atoms with Gasteiger partial charge in [0.25, 0.3) is 0 Å². The highest BCUT2D eigenvalue weighted by molar-refractivity contribution is 6.05. The van der Waals surface area contributed by atoms with Crippen molar-refractivity contribution in [3.05, 3.63) is 54.2 Å². The van der Waals surface area contributed by atoms with Gasteiger partial charge in [-0.2, -0.15) is 0 Å². The van der Waals surface area contributed by atoms with Crippen molar-refractivity contribution in [2.45, 2.75) is 6.92 Å². The number of aromatic nitrogens is 1. The summed E-state index contributed by atoms with van der Waals surface area (Å²) in [7, 11) is 0. The summed E-state index contributed by atoms with van der Waals surface area (Å²) in [6, 6.07) is 14.8. The highest BCUT2D eigenvalue weighted by Crippen LogP contribution is 2.23. The molecule has 2 aromatic carbocycles. The lowest BCUT2D eigenvalue weighted by atomic mass is 10.1. The summed E-state index contributed by atoms with van der Waals surface area (Å²) in [5.74, 6) is 0. The quantitative estimate of drug-likeness (QED) is 0.496. The topological polar surface area (TPSA) is 12.9 Å². The van der Waals surface area contributed by atoms with Crippen molar-refractivity contribution in [2.75, 3.05) is 0 Å². The van der Waals surface area contributed by atoms with E-state index in [9.17, 15) is 0 Å². The Labute approximate surface area is 88.4 Å². The minimum atomic E-state index is 1.10. The normalized spacial score (nSPS) is 11.0. The molecule has 0 N–H and O–H groups in total. The molecule has 1 nitrogen and oxygen atoms in total. The van der Waals surface area contributed by atoms with E-state index >= 15 is 0 Å². The van der Waals surface area contributed by atoms with Gasteiger partial charge < -0.3 is 0 Å². The second-order valence-corrected chi connectivity index (χ2v) is 3.87. The largest absolute Gasteiger partial charge is 0.255 e. The zero-order chi connectivity index (χ0) is 10.3. The van der Waals surface area contributed by atoms with Crippen molar-refractivity contribution in [3.8, 4) is 0 Å². The van der Waals surface area contributed by atoms with E-state index in [4.69, 9.17) is 0 Å². The van der Waals surface area contributed by atoms with Crippen LogP contribution in [0.4, 0.5) is 0 Å². The number of hydrogen-bond donors (Lipinski definition) is 0. The fraction of sp³-hybridized carbons (Fsp3) is 0.0714. The van der Waals surface area contributed by atoms with Crippen LogP contribution in [0.3, 0.4) is 0 Å².